The van der Waals surface area contributed by atoms with Crippen LogP contribution in [0.25, 0.3) is 11.0 Å². The molecule has 72 valence electrons. The minimum atomic E-state index is -1.15. The zero-order valence-corrected chi connectivity index (χ0v) is 6.71. The van der Waals surface area contributed by atoms with Gasteiger partial charge in [0.2, 0.25) is 5.75 Å². The lowest BCUT2D eigenvalue weighted by Crippen LogP contribution is -2.08. The van der Waals surface area contributed by atoms with E-state index in [0.29, 0.717) is 0 Å². The van der Waals surface area contributed by atoms with E-state index in [1.165, 1.54) is 0 Å². The van der Waals surface area contributed by atoms with Gasteiger partial charge in [-0.3, -0.25) is 4.79 Å². The highest BCUT2D eigenvalue weighted by Gasteiger charge is 2.12. The normalized spacial score (nSPS) is 10.7. The Balaban J connectivity index is 2.98. The van der Waals surface area contributed by atoms with Crippen molar-refractivity contribution < 1.29 is 13.9 Å². The third-order valence-corrected chi connectivity index (χ3v) is 1.73. The summed E-state index contributed by atoms with van der Waals surface area (Å²) < 4.78 is 25.8. The summed E-state index contributed by atoms with van der Waals surface area (Å²) >= 11 is 0. The molecule has 0 atom stereocenters. The molecule has 4 nitrogen and oxygen atoms in total. The predicted molar refractivity (Wildman–Crippen MR) is 43.9 cm³/mol. The number of nitrogens with zero attached hydrogens (tertiary/aromatic N) is 1. The molecule has 0 unspecified atom stereocenters. The lowest BCUT2D eigenvalue weighted by atomic mass is 10.3. The zero-order chi connectivity index (χ0) is 10.3. The Kier molecular flexibility index (Phi) is 1.70. The zero-order valence-electron chi connectivity index (χ0n) is 6.71. The number of H-pyrrole nitrogens is 1. The van der Waals surface area contributed by atoms with Crippen molar-refractivity contribution in [3.8, 4) is 5.75 Å². The SMILES string of the molecule is O=c1[nH]c2cc(F)cnc2c(F)c1O. The lowest BCUT2D eigenvalue weighted by Gasteiger charge is -1.99. The third kappa shape index (κ3) is 1.12. The van der Waals surface area contributed by atoms with Gasteiger partial charge in [-0.15, -0.1) is 0 Å². The van der Waals surface area contributed by atoms with Crippen molar-refractivity contribution in [1.82, 2.24) is 9.97 Å². The molecule has 2 rings (SSSR count). The van der Waals surface area contributed by atoms with Gasteiger partial charge in [0, 0.05) is 6.07 Å². The molecule has 0 bridgehead atoms. The smallest absolute Gasteiger partial charge is 0.293 e. The molecule has 2 heterocycles. The molecule has 0 aromatic carbocycles. The topological polar surface area (TPSA) is 66.0 Å². The second-order valence-electron chi connectivity index (χ2n) is 2.67. The molecule has 0 aliphatic rings. The summed E-state index contributed by atoms with van der Waals surface area (Å²) in [5.41, 5.74) is -1.38. The van der Waals surface area contributed by atoms with Gasteiger partial charge in [0.25, 0.3) is 5.56 Å². The quantitative estimate of drug-likeness (QED) is 0.661. The van der Waals surface area contributed by atoms with Gasteiger partial charge >= 0.3 is 0 Å². The van der Waals surface area contributed by atoms with E-state index in [0.717, 1.165) is 12.3 Å². The van der Waals surface area contributed by atoms with Crippen LogP contribution < -0.4 is 5.56 Å². The molecule has 2 aromatic rings. The largest absolute Gasteiger partial charge is 0.501 e. The first-order chi connectivity index (χ1) is 6.59. The average Bonchev–Trinajstić information content (AvgIpc) is 2.14. The molecule has 0 spiro atoms. The fourth-order valence-electron chi connectivity index (χ4n) is 1.10. The molecule has 0 aliphatic heterocycles. The number of aromatic amines is 1. The fourth-order valence-corrected chi connectivity index (χ4v) is 1.10. The molecule has 2 aromatic heterocycles. The second-order valence-corrected chi connectivity index (χ2v) is 2.67. The number of fused-ring (bicyclic) bond motifs is 1. The summed E-state index contributed by atoms with van der Waals surface area (Å²) in [6.45, 7) is 0. The molecule has 0 radical (unpaired) electrons. The Hall–Kier alpha value is -1.98. The van der Waals surface area contributed by atoms with Gasteiger partial charge in [-0.05, 0) is 0 Å². The number of hydrogen-bond donors (Lipinski definition) is 2. The molecule has 6 heteroatoms. The van der Waals surface area contributed by atoms with Gasteiger partial charge in [-0.25, -0.2) is 13.8 Å². The van der Waals surface area contributed by atoms with Crippen molar-refractivity contribution in [3.05, 3.63) is 34.3 Å². The van der Waals surface area contributed by atoms with Crippen molar-refractivity contribution in [3.63, 3.8) is 0 Å². The summed E-state index contributed by atoms with van der Waals surface area (Å²) in [6, 6.07) is 0.923. The van der Waals surface area contributed by atoms with Crippen LogP contribution in [0.1, 0.15) is 0 Å². The van der Waals surface area contributed by atoms with Crippen LogP contribution in [0.5, 0.6) is 5.75 Å². The first-order valence-corrected chi connectivity index (χ1v) is 3.65. The summed E-state index contributed by atoms with van der Waals surface area (Å²) in [5.74, 6) is -2.89. The molecular formula is C8H4F2N2O2. The highest BCUT2D eigenvalue weighted by Crippen LogP contribution is 2.17. The van der Waals surface area contributed by atoms with E-state index < -0.39 is 22.9 Å². The molecular weight excluding hydrogens is 194 g/mol. The second kappa shape index (κ2) is 2.76. The number of aromatic nitrogens is 2. The van der Waals surface area contributed by atoms with Gasteiger partial charge in [0.1, 0.15) is 11.3 Å². The Labute approximate surface area is 75.8 Å². The monoisotopic (exact) mass is 198 g/mol. The van der Waals surface area contributed by atoms with Crippen LogP contribution >= 0.6 is 0 Å². The van der Waals surface area contributed by atoms with E-state index in [1.54, 1.807) is 0 Å². The van der Waals surface area contributed by atoms with Crippen LogP contribution in [0.4, 0.5) is 8.78 Å². The maximum absolute atomic E-state index is 13.1. The van der Waals surface area contributed by atoms with Crippen LogP contribution in [0.3, 0.4) is 0 Å². The van der Waals surface area contributed by atoms with Gasteiger partial charge in [0.05, 0.1) is 11.7 Å². The van der Waals surface area contributed by atoms with E-state index in [-0.39, 0.29) is 11.0 Å². The van der Waals surface area contributed by atoms with E-state index in [4.69, 9.17) is 5.11 Å². The standard InChI is InChI=1S/C8H4F2N2O2/c9-3-1-4-6(11-2-3)5(10)7(13)8(14)12-4/h1-2,13H,(H,12,14). The minimum Gasteiger partial charge on any atom is -0.501 e. The maximum Gasteiger partial charge on any atom is 0.293 e. The molecule has 0 saturated carbocycles. The van der Waals surface area contributed by atoms with Gasteiger partial charge in [-0.1, -0.05) is 0 Å². The van der Waals surface area contributed by atoms with Crippen molar-refractivity contribution in [2.45, 2.75) is 0 Å². The summed E-state index contributed by atoms with van der Waals surface area (Å²) in [5, 5.41) is 8.92. The van der Waals surface area contributed by atoms with E-state index >= 15 is 0 Å². The lowest BCUT2D eigenvalue weighted by molar-refractivity contribution is 0.427. The first kappa shape index (κ1) is 8.61. The maximum atomic E-state index is 13.1. The van der Waals surface area contributed by atoms with Crippen molar-refractivity contribution in [1.29, 1.82) is 0 Å². The van der Waals surface area contributed by atoms with E-state index in [1.807, 2.05) is 0 Å². The summed E-state index contributed by atoms with van der Waals surface area (Å²) in [4.78, 5) is 16.4. The highest BCUT2D eigenvalue weighted by molar-refractivity contribution is 5.75. The number of rotatable bonds is 0. The number of halogens is 2. The van der Waals surface area contributed by atoms with Crippen molar-refractivity contribution in [2.24, 2.45) is 0 Å². The molecule has 0 aliphatic carbocycles. The summed E-state index contributed by atoms with van der Waals surface area (Å²) in [6.07, 6.45) is 0.795. The molecule has 2 N–H and O–H groups in total. The first-order valence-electron chi connectivity index (χ1n) is 3.65. The summed E-state index contributed by atoms with van der Waals surface area (Å²) in [7, 11) is 0. The number of nitrogens with one attached hydrogen (secondary N) is 1. The fraction of sp³-hybridized carbons (Fsp3) is 0. The van der Waals surface area contributed by atoms with E-state index in [2.05, 4.69) is 9.97 Å². The van der Waals surface area contributed by atoms with Crippen molar-refractivity contribution in [2.75, 3.05) is 0 Å². The van der Waals surface area contributed by atoms with Crippen LogP contribution in [0.2, 0.25) is 0 Å². The van der Waals surface area contributed by atoms with Gasteiger partial charge < -0.3 is 10.1 Å². The van der Waals surface area contributed by atoms with Crippen LogP contribution in [0, 0.1) is 11.6 Å². The highest BCUT2D eigenvalue weighted by atomic mass is 19.1. The third-order valence-electron chi connectivity index (χ3n) is 1.73. The minimum absolute atomic E-state index is 0.0923. The van der Waals surface area contributed by atoms with E-state index in [9.17, 15) is 13.6 Å². The Morgan fingerprint density at radius 3 is 2.86 bits per heavy atom. The average molecular weight is 198 g/mol. The molecule has 0 fully saturated rings. The van der Waals surface area contributed by atoms with Crippen LogP contribution in [0.15, 0.2) is 17.1 Å². The van der Waals surface area contributed by atoms with Gasteiger partial charge in [0.15, 0.2) is 5.82 Å². The molecule has 14 heavy (non-hydrogen) atoms. The Morgan fingerprint density at radius 1 is 1.43 bits per heavy atom. The number of hydrogen-bond acceptors (Lipinski definition) is 3. The van der Waals surface area contributed by atoms with Crippen LogP contribution in [-0.4, -0.2) is 15.1 Å². The Morgan fingerprint density at radius 2 is 2.14 bits per heavy atom. The van der Waals surface area contributed by atoms with Crippen molar-refractivity contribution >= 4 is 11.0 Å². The molecule has 0 amide bonds. The van der Waals surface area contributed by atoms with Crippen LogP contribution in [-0.2, 0) is 0 Å². The number of pyridine rings is 2. The number of aromatic hydroxyl groups is 1. The predicted octanol–water partition coefficient (Wildman–Crippen LogP) is 0.907. The molecule has 0 saturated heterocycles. The Bertz CT molecular complexity index is 565. The van der Waals surface area contributed by atoms with Gasteiger partial charge in [-0.2, -0.15) is 0 Å².